The van der Waals surface area contributed by atoms with Gasteiger partial charge in [-0.05, 0) is 6.42 Å². The second kappa shape index (κ2) is 6.00. The molecule has 3 nitrogen and oxygen atoms in total. The van der Waals surface area contributed by atoms with Crippen molar-refractivity contribution in [3.05, 3.63) is 0 Å². The molecule has 0 aliphatic carbocycles. The Labute approximate surface area is 74.3 Å². The molecule has 0 fully saturated rings. The van der Waals surface area contributed by atoms with E-state index in [1.165, 1.54) is 0 Å². The molecule has 0 saturated heterocycles. The molecular formula is C9H19NO2. The van der Waals surface area contributed by atoms with Crippen LogP contribution in [0, 0.1) is 5.92 Å². The number of ether oxygens (including phenoxy) is 1. The maximum atomic E-state index is 11.0. The molecule has 0 aromatic rings. The molecule has 0 bridgehead atoms. The summed E-state index contributed by atoms with van der Waals surface area (Å²) in [7, 11) is 0. The summed E-state index contributed by atoms with van der Waals surface area (Å²) in [5, 5.41) is 0. The monoisotopic (exact) mass is 173 g/mol. The van der Waals surface area contributed by atoms with Crippen LogP contribution in [0.3, 0.4) is 0 Å². The number of hydrogen-bond donors (Lipinski definition) is 1. The fourth-order valence-corrected chi connectivity index (χ4v) is 0.668. The zero-order chi connectivity index (χ0) is 9.56. The Balaban J connectivity index is 3.54. The van der Waals surface area contributed by atoms with Crippen LogP contribution in [0.4, 0.5) is 0 Å². The summed E-state index contributed by atoms with van der Waals surface area (Å²) in [4.78, 5) is 11.0. The molecular weight excluding hydrogens is 154 g/mol. The molecule has 0 radical (unpaired) electrons. The molecule has 0 amide bonds. The molecule has 12 heavy (non-hydrogen) atoms. The van der Waals surface area contributed by atoms with E-state index >= 15 is 0 Å². The molecule has 1 atom stereocenters. The first-order valence-electron chi connectivity index (χ1n) is 4.53. The van der Waals surface area contributed by atoms with Gasteiger partial charge in [0.2, 0.25) is 0 Å². The van der Waals surface area contributed by atoms with E-state index in [9.17, 15) is 4.79 Å². The number of carbonyl (C=O) groups is 1. The standard InChI is InChI=1S/C9H19NO2/c1-4-5-6-8(11)12-9(10)7(2)3/h7,9H,4-6,10H2,1-3H3/t9-/m1/s1. The molecule has 0 spiro atoms. The van der Waals surface area contributed by atoms with Gasteiger partial charge in [0.1, 0.15) is 0 Å². The molecule has 0 heterocycles. The van der Waals surface area contributed by atoms with Crippen molar-refractivity contribution in [3.8, 4) is 0 Å². The maximum absolute atomic E-state index is 11.0. The first-order valence-corrected chi connectivity index (χ1v) is 4.53. The van der Waals surface area contributed by atoms with Crippen molar-refractivity contribution in [3.63, 3.8) is 0 Å². The number of unbranched alkanes of at least 4 members (excludes halogenated alkanes) is 1. The highest BCUT2D eigenvalue weighted by Crippen LogP contribution is 2.03. The van der Waals surface area contributed by atoms with Crippen molar-refractivity contribution in [2.75, 3.05) is 0 Å². The van der Waals surface area contributed by atoms with Crippen LogP contribution >= 0.6 is 0 Å². The number of esters is 1. The Bertz CT molecular complexity index is 134. The van der Waals surface area contributed by atoms with Crippen LogP contribution in [0.5, 0.6) is 0 Å². The van der Waals surface area contributed by atoms with Gasteiger partial charge >= 0.3 is 5.97 Å². The van der Waals surface area contributed by atoms with Crippen LogP contribution in [0.15, 0.2) is 0 Å². The number of nitrogens with two attached hydrogens (primary N) is 1. The maximum Gasteiger partial charge on any atom is 0.307 e. The Hall–Kier alpha value is -0.570. The van der Waals surface area contributed by atoms with E-state index < -0.39 is 6.23 Å². The molecule has 0 saturated carbocycles. The van der Waals surface area contributed by atoms with Crippen LogP contribution in [-0.2, 0) is 9.53 Å². The summed E-state index contributed by atoms with van der Waals surface area (Å²) in [5.74, 6) is 0.00799. The minimum atomic E-state index is -0.450. The Kier molecular flexibility index (Phi) is 5.72. The second-order valence-electron chi connectivity index (χ2n) is 3.30. The first kappa shape index (κ1) is 11.4. The first-order chi connectivity index (χ1) is 5.57. The lowest BCUT2D eigenvalue weighted by Crippen LogP contribution is -2.32. The molecule has 2 N–H and O–H groups in total. The van der Waals surface area contributed by atoms with Crippen LogP contribution < -0.4 is 5.73 Å². The lowest BCUT2D eigenvalue weighted by atomic mass is 10.2. The van der Waals surface area contributed by atoms with Gasteiger partial charge in [-0.1, -0.05) is 27.2 Å². The molecule has 0 unspecified atom stereocenters. The highest BCUT2D eigenvalue weighted by molar-refractivity contribution is 5.69. The lowest BCUT2D eigenvalue weighted by molar-refractivity contribution is -0.151. The van der Waals surface area contributed by atoms with Crippen LogP contribution in [0.25, 0.3) is 0 Å². The van der Waals surface area contributed by atoms with Gasteiger partial charge < -0.3 is 4.74 Å². The Morgan fingerprint density at radius 2 is 2.08 bits per heavy atom. The van der Waals surface area contributed by atoms with Gasteiger partial charge in [0, 0.05) is 12.3 Å². The van der Waals surface area contributed by atoms with E-state index in [4.69, 9.17) is 10.5 Å². The zero-order valence-electron chi connectivity index (χ0n) is 8.17. The second-order valence-corrected chi connectivity index (χ2v) is 3.30. The van der Waals surface area contributed by atoms with Crippen molar-refractivity contribution in [2.24, 2.45) is 11.7 Å². The summed E-state index contributed by atoms with van der Waals surface area (Å²) >= 11 is 0. The minimum Gasteiger partial charge on any atom is -0.447 e. The van der Waals surface area contributed by atoms with E-state index in [0.717, 1.165) is 12.8 Å². The Morgan fingerprint density at radius 3 is 2.50 bits per heavy atom. The van der Waals surface area contributed by atoms with Crippen molar-refractivity contribution in [1.82, 2.24) is 0 Å². The number of rotatable bonds is 5. The van der Waals surface area contributed by atoms with Gasteiger partial charge in [0.25, 0.3) is 0 Å². The summed E-state index contributed by atoms with van der Waals surface area (Å²) in [6, 6.07) is 0. The van der Waals surface area contributed by atoms with Gasteiger partial charge in [0.15, 0.2) is 6.23 Å². The largest absolute Gasteiger partial charge is 0.447 e. The van der Waals surface area contributed by atoms with Crippen LogP contribution in [0.2, 0.25) is 0 Å². The molecule has 3 heteroatoms. The third-order valence-corrected chi connectivity index (χ3v) is 1.66. The van der Waals surface area contributed by atoms with Crippen molar-refractivity contribution in [2.45, 2.75) is 46.3 Å². The van der Waals surface area contributed by atoms with E-state index in [2.05, 4.69) is 0 Å². The quantitative estimate of drug-likeness (QED) is 0.508. The summed E-state index contributed by atoms with van der Waals surface area (Å²) < 4.78 is 4.95. The highest BCUT2D eigenvalue weighted by Gasteiger charge is 2.12. The van der Waals surface area contributed by atoms with Crippen LogP contribution in [0.1, 0.15) is 40.0 Å². The third-order valence-electron chi connectivity index (χ3n) is 1.66. The van der Waals surface area contributed by atoms with Gasteiger partial charge in [-0.15, -0.1) is 0 Å². The van der Waals surface area contributed by atoms with E-state index in [1.807, 2.05) is 20.8 Å². The van der Waals surface area contributed by atoms with Crippen molar-refractivity contribution < 1.29 is 9.53 Å². The topological polar surface area (TPSA) is 52.3 Å². The molecule has 0 aromatic heterocycles. The molecule has 0 aliphatic heterocycles. The zero-order valence-corrected chi connectivity index (χ0v) is 8.17. The molecule has 0 aliphatic rings. The van der Waals surface area contributed by atoms with Gasteiger partial charge in [-0.3, -0.25) is 10.5 Å². The lowest BCUT2D eigenvalue weighted by Gasteiger charge is -2.15. The predicted octanol–water partition coefficient (Wildman–Crippen LogP) is 1.66. The summed E-state index contributed by atoms with van der Waals surface area (Å²) in [6.45, 7) is 5.89. The summed E-state index contributed by atoms with van der Waals surface area (Å²) in [6.07, 6.45) is 1.92. The van der Waals surface area contributed by atoms with Gasteiger partial charge in [-0.2, -0.15) is 0 Å². The van der Waals surface area contributed by atoms with Crippen LogP contribution in [-0.4, -0.2) is 12.2 Å². The summed E-state index contributed by atoms with van der Waals surface area (Å²) in [5.41, 5.74) is 5.55. The smallest absolute Gasteiger partial charge is 0.307 e. The van der Waals surface area contributed by atoms with E-state index in [-0.39, 0.29) is 11.9 Å². The SMILES string of the molecule is CCCCC(=O)O[C@@H](N)C(C)C. The third kappa shape index (κ3) is 5.13. The normalized spacial score (nSPS) is 13.1. The predicted molar refractivity (Wildman–Crippen MR) is 48.4 cm³/mol. The van der Waals surface area contributed by atoms with Crippen molar-refractivity contribution in [1.29, 1.82) is 0 Å². The fourth-order valence-electron chi connectivity index (χ4n) is 0.668. The average molecular weight is 173 g/mol. The van der Waals surface area contributed by atoms with Gasteiger partial charge in [0.05, 0.1) is 0 Å². The fraction of sp³-hybridized carbons (Fsp3) is 0.889. The molecule has 72 valence electrons. The van der Waals surface area contributed by atoms with Gasteiger partial charge in [-0.25, -0.2) is 0 Å². The van der Waals surface area contributed by atoms with E-state index in [1.54, 1.807) is 0 Å². The highest BCUT2D eigenvalue weighted by atomic mass is 16.6. The molecule has 0 aromatic carbocycles. The number of carbonyl (C=O) groups excluding carboxylic acids is 1. The van der Waals surface area contributed by atoms with E-state index in [0.29, 0.717) is 6.42 Å². The van der Waals surface area contributed by atoms with Crippen molar-refractivity contribution >= 4 is 5.97 Å². The molecule has 0 rings (SSSR count). The average Bonchev–Trinajstić information content (AvgIpc) is 2.00. The minimum absolute atomic E-state index is 0.182. The Morgan fingerprint density at radius 1 is 1.50 bits per heavy atom. The number of hydrogen-bond acceptors (Lipinski definition) is 3.